The first-order valence-electron chi connectivity index (χ1n) is 19.2. The smallest absolute Gasteiger partial charge is 0.472 e. The highest BCUT2D eigenvalue weighted by molar-refractivity contribution is 7.47. The summed E-state index contributed by atoms with van der Waals surface area (Å²) >= 11 is 0. The van der Waals surface area contributed by atoms with Gasteiger partial charge in [-0.25, -0.2) is 4.57 Å². The van der Waals surface area contributed by atoms with Crippen LogP contribution < -0.4 is 5.73 Å². The first-order chi connectivity index (χ1) is 23.4. The van der Waals surface area contributed by atoms with Crippen molar-refractivity contribution in [3.05, 3.63) is 48.8 Å². The zero-order valence-corrected chi connectivity index (χ0v) is 31.6. The lowest BCUT2D eigenvalue weighted by Crippen LogP contribution is -2.25. The molecule has 9 heteroatoms. The second kappa shape index (κ2) is 36.6. The van der Waals surface area contributed by atoms with Gasteiger partial charge in [-0.05, 0) is 57.4 Å². The van der Waals surface area contributed by atoms with Crippen LogP contribution in [0, 0.1) is 0 Å². The monoisotopic (exact) mass is 698 g/mol. The third-order valence-electron chi connectivity index (χ3n) is 7.85. The summed E-state index contributed by atoms with van der Waals surface area (Å²) in [6.07, 6.45) is 42.2. The third kappa shape index (κ3) is 35.6. The minimum absolute atomic E-state index is 0.0738. The van der Waals surface area contributed by atoms with Crippen molar-refractivity contribution in [2.45, 2.75) is 168 Å². The van der Waals surface area contributed by atoms with Crippen molar-refractivity contribution in [2.75, 3.05) is 26.4 Å². The van der Waals surface area contributed by atoms with Crippen LogP contribution in [0.1, 0.15) is 162 Å². The minimum Gasteiger partial charge on any atom is -0.492 e. The van der Waals surface area contributed by atoms with Gasteiger partial charge in [-0.1, -0.05) is 140 Å². The van der Waals surface area contributed by atoms with Gasteiger partial charge in [0.05, 0.1) is 19.5 Å². The molecule has 0 aromatic rings. The molecule has 2 unspecified atom stereocenters. The average Bonchev–Trinajstić information content (AvgIpc) is 3.08. The quantitative estimate of drug-likeness (QED) is 0.0218. The van der Waals surface area contributed by atoms with E-state index in [0.717, 1.165) is 70.6 Å². The Morgan fingerprint density at radius 2 is 1.19 bits per heavy atom. The number of rotatable bonds is 36. The molecule has 0 saturated carbocycles. The summed E-state index contributed by atoms with van der Waals surface area (Å²) in [5.74, 6) is -0.309. The van der Waals surface area contributed by atoms with Crippen molar-refractivity contribution in [3.8, 4) is 0 Å². The molecule has 2 atom stereocenters. The summed E-state index contributed by atoms with van der Waals surface area (Å²) in [4.78, 5) is 22.2. The van der Waals surface area contributed by atoms with Gasteiger partial charge in [0.15, 0.2) is 6.10 Å². The van der Waals surface area contributed by atoms with Gasteiger partial charge in [-0.2, -0.15) is 0 Å². The van der Waals surface area contributed by atoms with E-state index in [0.29, 0.717) is 6.42 Å². The molecule has 0 spiro atoms. The number of allylic oxidation sites excluding steroid dienone is 7. The van der Waals surface area contributed by atoms with E-state index in [9.17, 15) is 14.3 Å². The topological polar surface area (TPSA) is 117 Å². The van der Waals surface area contributed by atoms with Crippen molar-refractivity contribution < 1.29 is 32.8 Å². The van der Waals surface area contributed by atoms with Gasteiger partial charge in [0, 0.05) is 13.0 Å². The number of phosphoric ester groups is 1. The lowest BCUT2D eigenvalue weighted by molar-refractivity contribution is -0.147. The van der Waals surface area contributed by atoms with Gasteiger partial charge in [0.1, 0.15) is 6.61 Å². The molecule has 0 aliphatic rings. The van der Waals surface area contributed by atoms with Crippen LogP contribution in [0.25, 0.3) is 0 Å². The fourth-order valence-corrected chi connectivity index (χ4v) is 5.76. The fourth-order valence-electron chi connectivity index (χ4n) is 4.99. The van der Waals surface area contributed by atoms with Crippen molar-refractivity contribution in [1.29, 1.82) is 0 Å². The second-order valence-corrected chi connectivity index (χ2v) is 13.9. The van der Waals surface area contributed by atoms with Crippen LogP contribution in [0.5, 0.6) is 0 Å². The standard InChI is InChI=1S/C39H72NO7P/c1-3-5-7-9-11-13-15-17-19-20-22-24-26-28-30-32-39(41)45-36-38(37-47-48(42,43)46-35-33-40)44-34-31-29-27-25-23-21-18-16-14-12-10-8-6-4-2/h5,7,11,13,17,19,31,34,38H,3-4,6,8-10,12,14-16,18,20-30,32-33,35-37,40H2,1-2H3,(H,42,43). The molecule has 280 valence electrons. The summed E-state index contributed by atoms with van der Waals surface area (Å²) < 4.78 is 33.1. The number of nitrogens with two attached hydrogens (primary N) is 1. The molecular weight excluding hydrogens is 625 g/mol. The molecule has 0 rings (SSSR count). The Kier molecular flexibility index (Phi) is 35.3. The maximum absolute atomic E-state index is 12.3. The summed E-state index contributed by atoms with van der Waals surface area (Å²) in [5.41, 5.74) is 5.35. The van der Waals surface area contributed by atoms with E-state index >= 15 is 0 Å². The molecule has 0 bridgehead atoms. The zero-order valence-electron chi connectivity index (χ0n) is 30.7. The van der Waals surface area contributed by atoms with E-state index < -0.39 is 13.9 Å². The number of hydrogen-bond donors (Lipinski definition) is 2. The Morgan fingerprint density at radius 3 is 1.77 bits per heavy atom. The molecule has 0 radical (unpaired) electrons. The number of hydrogen-bond acceptors (Lipinski definition) is 7. The molecule has 0 saturated heterocycles. The zero-order chi connectivity index (χ0) is 35.2. The van der Waals surface area contributed by atoms with Crippen LogP contribution in [0.3, 0.4) is 0 Å². The van der Waals surface area contributed by atoms with E-state index in [1.807, 2.05) is 6.08 Å². The van der Waals surface area contributed by atoms with E-state index in [1.54, 1.807) is 6.26 Å². The van der Waals surface area contributed by atoms with E-state index in [-0.39, 0.29) is 32.3 Å². The molecule has 0 aromatic carbocycles. The average molecular weight is 698 g/mol. The fraction of sp³-hybridized carbons (Fsp3) is 0.769. The Labute approximate surface area is 294 Å². The number of esters is 1. The molecule has 0 aliphatic heterocycles. The molecule has 48 heavy (non-hydrogen) atoms. The van der Waals surface area contributed by atoms with Crippen LogP contribution >= 0.6 is 7.82 Å². The second-order valence-electron chi connectivity index (χ2n) is 12.5. The Bertz CT molecular complexity index is 874. The third-order valence-corrected chi connectivity index (χ3v) is 8.83. The largest absolute Gasteiger partial charge is 0.492 e. The normalized spacial score (nSPS) is 14.1. The Hall–Kier alpha value is -1.70. The number of carbonyl (C=O) groups excluding carboxylic acids is 1. The van der Waals surface area contributed by atoms with Gasteiger partial charge in [-0.3, -0.25) is 13.8 Å². The molecule has 0 aromatic heterocycles. The van der Waals surface area contributed by atoms with E-state index in [4.69, 9.17) is 24.3 Å². The van der Waals surface area contributed by atoms with Crippen LogP contribution in [-0.2, 0) is 27.9 Å². The van der Waals surface area contributed by atoms with E-state index in [1.165, 1.54) is 70.6 Å². The highest BCUT2D eigenvalue weighted by Crippen LogP contribution is 2.43. The molecule has 0 aliphatic carbocycles. The Balaban J connectivity index is 4.17. The van der Waals surface area contributed by atoms with Crippen molar-refractivity contribution in [1.82, 2.24) is 0 Å². The summed E-state index contributed by atoms with van der Waals surface area (Å²) in [5, 5.41) is 0. The maximum atomic E-state index is 12.3. The SMILES string of the molecule is CCC=CCC=CCC=CCCCCCCCC(=O)OCC(COP(=O)(O)OCCN)OC=CCCCCCCCCCCCCCC. The number of ether oxygens (including phenoxy) is 2. The van der Waals surface area contributed by atoms with Crippen molar-refractivity contribution in [3.63, 3.8) is 0 Å². The summed E-state index contributed by atoms with van der Waals surface area (Å²) in [7, 11) is -4.27. The maximum Gasteiger partial charge on any atom is 0.472 e. The molecule has 0 amide bonds. The van der Waals surface area contributed by atoms with Crippen molar-refractivity contribution >= 4 is 13.8 Å². The predicted octanol–water partition coefficient (Wildman–Crippen LogP) is 11.2. The van der Waals surface area contributed by atoms with Crippen LogP contribution in [-0.4, -0.2) is 43.3 Å². The van der Waals surface area contributed by atoms with Crippen molar-refractivity contribution in [2.24, 2.45) is 5.73 Å². The molecule has 3 N–H and O–H groups in total. The number of phosphoric acid groups is 1. The lowest BCUT2D eigenvalue weighted by Gasteiger charge is -2.19. The molecular formula is C39H72NO7P. The predicted molar refractivity (Wildman–Crippen MR) is 201 cm³/mol. The van der Waals surface area contributed by atoms with Gasteiger partial charge in [-0.15, -0.1) is 0 Å². The van der Waals surface area contributed by atoms with Gasteiger partial charge in [0.25, 0.3) is 0 Å². The summed E-state index contributed by atoms with van der Waals surface area (Å²) in [6, 6.07) is 0. The van der Waals surface area contributed by atoms with Crippen LogP contribution in [0.2, 0.25) is 0 Å². The summed E-state index contributed by atoms with van der Waals surface area (Å²) in [6.45, 7) is 4.07. The van der Waals surface area contributed by atoms with Gasteiger partial charge >= 0.3 is 13.8 Å². The highest BCUT2D eigenvalue weighted by Gasteiger charge is 2.24. The minimum atomic E-state index is -4.27. The first kappa shape index (κ1) is 46.3. The van der Waals surface area contributed by atoms with Crippen LogP contribution in [0.4, 0.5) is 0 Å². The van der Waals surface area contributed by atoms with Gasteiger partial charge < -0.3 is 20.1 Å². The van der Waals surface area contributed by atoms with E-state index in [2.05, 4.69) is 50.3 Å². The lowest BCUT2D eigenvalue weighted by atomic mass is 10.0. The number of unbranched alkanes of at least 4 members (excludes halogenated alkanes) is 17. The molecule has 0 fully saturated rings. The Morgan fingerprint density at radius 1 is 0.667 bits per heavy atom. The van der Waals surface area contributed by atoms with Gasteiger partial charge in [0.2, 0.25) is 0 Å². The van der Waals surface area contributed by atoms with Crippen LogP contribution in [0.15, 0.2) is 48.8 Å². The first-order valence-corrected chi connectivity index (χ1v) is 20.7. The molecule has 8 nitrogen and oxygen atoms in total. The highest BCUT2D eigenvalue weighted by atomic mass is 31.2. The molecule has 0 heterocycles. The number of carbonyl (C=O) groups is 1.